The zero-order valence-electron chi connectivity index (χ0n) is 11.6. The smallest absolute Gasteiger partial charge is 0.326 e. The molecule has 0 saturated carbocycles. The number of likely N-dealkylation sites (N-methyl/N-ethyl adjacent to an activating group) is 1. The first-order valence-corrected chi connectivity index (χ1v) is 6.69. The highest BCUT2D eigenvalue weighted by Gasteiger charge is 2.25. The lowest BCUT2D eigenvalue weighted by Gasteiger charge is -2.28. The van der Waals surface area contributed by atoms with Gasteiger partial charge in [-0.15, -0.1) is 0 Å². The van der Waals surface area contributed by atoms with Crippen LogP contribution in [0.4, 0.5) is 0 Å². The molecular formula is C13H22N2O4. The van der Waals surface area contributed by atoms with E-state index >= 15 is 0 Å². The normalized spacial score (nSPS) is 18.4. The highest BCUT2D eigenvalue weighted by Crippen LogP contribution is 2.12. The number of hydrogen-bond donors (Lipinski definition) is 1. The number of hydrogen-bond acceptors (Lipinski definition) is 3. The molecule has 6 heteroatoms. The van der Waals surface area contributed by atoms with Gasteiger partial charge in [-0.1, -0.05) is 12.8 Å². The van der Waals surface area contributed by atoms with E-state index in [4.69, 9.17) is 5.11 Å². The van der Waals surface area contributed by atoms with Crippen LogP contribution in [0.1, 0.15) is 39.0 Å². The van der Waals surface area contributed by atoms with Gasteiger partial charge in [0.2, 0.25) is 11.8 Å². The molecule has 0 aliphatic carbocycles. The van der Waals surface area contributed by atoms with Crippen molar-refractivity contribution in [1.29, 1.82) is 0 Å². The third-order valence-corrected chi connectivity index (χ3v) is 3.58. The maximum Gasteiger partial charge on any atom is 0.326 e. The summed E-state index contributed by atoms with van der Waals surface area (Å²) in [5, 5.41) is 8.87. The second kappa shape index (κ2) is 7.11. The second-order valence-corrected chi connectivity index (χ2v) is 5.00. The van der Waals surface area contributed by atoms with E-state index in [0.717, 1.165) is 25.7 Å². The molecule has 2 amide bonds. The number of likely N-dealkylation sites (tertiary alicyclic amines) is 1. The number of carbonyl (C=O) groups is 3. The van der Waals surface area contributed by atoms with Crippen molar-refractivity contribution in [2.24, 2.45) is 0 Å². The first-order chi connectivity index (χ1) is 8.93. The highest BCUT2D eigenvalue weighted by atomic mass is 16.4. The fourth-order valence-electron chi connectivity index (χ4n) is 2.04. The molecule has 6 nitrogen and oxygen atoms in total. The van der Waals surface area contributed by atoms with Crippen molar-refractivity contribution in [3.8, 4) is 0 Å². The molecule has 1 N–H and O–H groups in total. The predicted octanol–water partition coefficient (Wildman–Crippen LogP) is 0.711. The van der Waals surface area contributed by atoms with Crippen molar-refractivity contribution in [2.75, 3.05) is 20.1 Å². The molecule has 1 atom stereocenters. The van der Waals surface area contributed by atoms with Crippen LogP contribution in [0.2, 0.25) is 0 Å². The number of nitrogens with zero attached hydrogens (tertiary/aromatic N) is 2. The summed E-state index contributed by atoms with van der Waals surface area (Å²) in [6, 6.07) is -0.877. The molecule has 1 aliphatic heterocycles. The molecule has 0 aromatic rings. The molecule has 1 rings (SSSR count). The number of amides is 2. The van der Waals surface area contributed by atoms with Gasteiger partial charge in [-0.05, 0) is 19.8 Å². The second-order valence-electron chi connectivity index (χ2n) is 5.00. The summed E-state index contributed by atoms with van der Waals surface area (Å²) in [4.78, 5) is 37.4. The average Bonchev–Trinajstić information content (AvgIpc) is 2.36. The molecular weight excluding hydrogens is 248 g/mol. The van der Waals surface area contributed by atoms with Crippen molar-refractivity contribution in [2.45, 2.75) is 45.1 Å². The van der Waals surface area contributed by atoms with Crippen LogP contribution in [-0.4, -0.2) is 58.9 Å². The van der Waals surface area contributed by atoms with Crippen LogP contribution in [0.5, 0.6) is 0 Å². The minimum Gasteiger partial charge on any atom is -0.480 e. The summed E-state index contributed by atoms with van der Waals surface area (Å²) in [5.41, 5.74) is 0. The first kappa shape index (κ1) is 15.5. The van der Waals surface area contributed by atoms with Crippen LogP contribution in [0.3, 0.4) is 0 Å². The van der Waals surface area contributed by atoms with Gasteiger partial charge in [-0.25, -0.2) is 4.79 Å². The van der Waals surface area contributed by atoms with Crippen LogP contribution in [0, 0.1) is 0 Å². The molecule has 1 fully saturated rings. The molecule has 1 saturated heterocycles. The molecule has 0 aromatic heterocycles. The van der Waals surface area contributed by atoms with Crippen LogP contribution < -0.4 is 0 Å². The summed E-state index contributed by atoms with van der Waals surface area (Å²) < 4.78 is 0. The van der Waals surface area contributed by atoms with Crippen molar-refractivity contribution in [3.63, 3.8) is 0 Å². The maximum absolute atomic E-state index is 12.0. The van der Waals surface area contributed by atoms with Gasteiger partial charge in [-0.2, -0.15) is 0 Å². The Morgan fingerprint density at radius 1 is 1.32 bits per heavy atom. The molecule has 0 bridgehead atoms. The third kappa shape index (κ3) is 4.54. The SMILES string of the molecule is CC(C(=O)O)N(C)C(=O)CN1CCCCCCC1=O. The maximum atomic E-state index is 12.0. The number of aliphatic carboxylic acids is 1. The minimum absolute atomic E-state index is 0.00979. The standard InChI is InChI=1S/C13H22N2O4/c1-10(13(18)19)14(2)12(17)9-15-8-6-4-3-5-7-11(15)16/h10H,3-9H2,1-2H3,(H,18,19). The fraction of sp³-hybridized carbons (Fsp3) is 0.769. The number of rotatable bonds is 4. The minimum atomic E-state index is -1.05. The molecule has 0 aromatic carbocycles. The van der Waals surface area contributed by atoms with Gasteiger partial charge in [-0.3, -0.25) is 9.59 Å². The number of carbonyl (C=O) groups excluding carboxylic acids is 2. The quantitative estimate of drug-likeness (QED) is 0.816. The Hall–Kier alpha value is -1.59. The van der Waals surface area contributed by atoms with E-state index in [0.29, 0.717) is 13.0 Å². The van der Waals surface area contributed by atoms with Gasteiger partial charge in [0.1, 0.15) is 6.04 Å². The lowest BCUT2D eigenvalue weighted by atomic mass is 10.1. The van der Waals surface area contributed by atoms with E-state index in [2.05, 4.69) is 0 Å². The Morgan fingerprint density at radius 3 is 2.58 bits per heavy atom. The van der Waals surface area contributed by atoms with Crippen LogP contribution in [-0.2, 0) is 14.4 Å². The zero-order valence-corrected chi connectivity index (χ0v) is 11.6. The highest BCUT2D eigenvalue weighted by molar-refractivity contribution is 5.87. The van der Waals surface area contributed by atoms with Gasteiger partial charge < -0.3 is 14.9 Å². The molecule has 0 radical (unpaired) electrons. The van der Waals surface area contributed by atoms with Gasteiger partial charge in [0, 0.05) is 20.0 Å². The molecule has 1 aliphatic rings. The average molecular weight is 270 g/mol. The van der Waals surface area contributed by atoms with Crippen LogP contribution in [0.25, 0.3) is 0 Å². The van der Waals surface area contributed by atoms with Gasteiger partial charge in [0.25, 0.3) is 0 Å². The first-order valence-electron chi connectivity index (χ1n) is 6.69. The third-order valence-electron chi connectivity index (χ3n) is 3.58. The van der Waals surface area contributed by atoms with E-state index < -0.39 is 12.0 Å². The van der Waals surface area contributed by atoms with Gasteiger partial charge >= 0.3 is 5.97 Å². The molecule has 19 heavy (non-hydrogen) atoms. The summed E-state index contributed by atoms with van der Waals surface area (Å²) in [5.74, 6) is -1.39. The van der Waals surface area contributed by atoms with Gasteiger partial charge in [0.15, 0.2) is 0 Å². The summed E-state index contributed by atoms with van der Waals surface area (Å²) in [6.45, 7) is 2.02. The van der Waals surface area contributed by atoms with E-state index in [1.807, 2.05) is 0 Å². The summed E-state index contributed by atoms with van der Waals surface area (Å²) >= 11 is 0. The number of carboxylic acid groups (broad SMARTS) is 1. The Kier molecular flexibility index (Phi) is 5.79. The van der Waals surface area contributed by atoms with E-state index in [9.17, 15) is 14.4 Å². The lowest BCUT2D eigenvalue weighted by molar-refractivity contribution is -0.149. The monoisotopic (exact) mass is 270 g/mol. The molecule has 0 spiro atoms. The molecule has 1 unspecified atom stereocenters. The van der Waals surface area contributed by atoms with Crippen molar-refractivity contribution in [1.82, 2.24) is 9.80 Å². The van der Waals surface area contributed by atoms with E-state index in [-0.39, 0.29) is 18.4 Å². The Labute approximate surface area is 113 Å². The lowest BCUT2D eigenvalue weighted by Crippen LogP contribution is -2.47. The van der Waals surface area contributed by atoms with Crippen molar-refractivity contribution < 1.29 is 19.5 Å². The Morgan fingerprint density at radius 2 is 1.95 bits per heavy atom. The Bertz CT molecular complexity index is 357. The van der Waals surface area contributed by atoms with Crippen LogP contribution >= 0.6 is 0 Å². The van der Waals surface area contributed by atoms with E-state index in [1.54, 1.807) is 4.90 Å². The topological polar surface area (TPSA) is 77.9 Å². The summed E-state index contributed by atoms with van der Waals surface area (Å²) in [7, 11) is 1.45. The fourth-order valence-corrected chi connectivity index (χ4v) is 2.04. The molecule has 1 heterocycles. The van der Waals surface area contributed by atoms with Crippen LogP contribution in [0.15, 0.2) is 0 Å². The van der Waals surface area contributed by atoms with E-state index in [1.165, 1.54) is 18.9 Å². The van der Waals surface area contributed by atoms with Crippen molar-refractivity contribution in [3.05, 3.63) is 0 Å². The van der Waals surface area contributed by atoms with Crippen molar-refractivity contribution >= 4 is 17.8 Å². The largest absolute Gasteiger partial charge is 0.480 e. The van der Waals surface area contributed by atoms with Gasteiger partial charge in [0.05, 0.1) is 6.54 Å². The number of carboxylic acids is 1. The zero-order chi connectivity index (χ0) is 14.4. The molecule has 108 valence electrons. The predicted molar refractivity (Wildman–Crippen MR) is 69.5 cm³/mol. The Balaban J connectivity index is 2.58. The summed E-state index contributed by atoms with van der Waals surface area (Å²) in [6.07, 6.45) is 4.37.